The number of hydrogen-bond acceptors (Lipinski definition) is 2. The van der Waals surface area contributed by atoms with Crippen LogP contribution in [0, 0.1) is 6.92 Å². The van der Waals surface area contributed by atoms with Gasteiger partial charge in [0.25, 0.3) is 0 Å². The van der Waals surface area contributed by atoms with E-state index >= 15 is 0 Å². The van der Waals surface area contributed by atoms with Gasteiger partial charge in [-0.15, -0.1) is 0 Å². The van der Waals surface area contributed by atoms with Crippen molar-refractivity contribution in [3.63, 3.8) is 0 Å². The van der Waals surface area contributed by atoms with Crippen molar-refractivity contribution in [3.05, 3.63) is 28.9 Å². The first-order valence-corrected chi connectivity index (χ1v) is 5.43. The molecule has 0 aliphatic carbocycles. The third-order valence-electron chi connectivity index (χ3n) is 2.48. The molecule has 1 aromatic carbocycles. The Balaban J connectivity index is 2.49. The van der Waals surface area contributed by atoms with Crippen molar-refractivity contribution in [2.75, 3.05) is 6.54 Å². The van der Waals surface area contributed by atoms with Gasteiger partial charge in [0.1, 0.15) is 5.15 Å². The molecule has 0 bridgehead atoms. The minimum Gasteiger partial charge on any atom is -0.330 e. The maximum atomic E-state index is 6.22. The van der Waals surface area contributed by atoms with Gasteiger partial charge in [-0.05, 0) is 31.5 Å². The SMILES string of the molecule is Cc1cccc2c(Cl)n(CCCN)nc12. The van der Waals surface area contributed by atoms with E-state index in [-0.39, 0.29) is 0 Å². The fourth-order valence-corrected chi connectivity index (χ4v) is 1.93. The minimum absolute atomic E-state index is 0.658. The van der Waals surface area contributed by atoms with Crippen LogP contribution in [-0.4, -0.2) is 16.3 Å². The summed E-state index contributed by atoms with van der Waals surface area (Å²) in [6, 6.07) is 6.04. The first-order chi connectivity index (χ1) is 7.24. The normalized spacial score (nSPS) is 11.1. The zero-order valence-corrected chi connectivity index (χ0v) is 9.46. The predicted octanol–water partition coefficient (Wildman–Crippen LogP) is 2.35. The molecule has 0 radical (unpaired) electrons. The zero-order valence-electron chi connectivity index (χ0n) is 8.70. The van der Waals surface area contributed by atoms with Crippen LogP contribution in [0.2, 0.25) is 5.15 Å². The maximum Gasteiger partial charge on any atom is 0.134 e. The van der Waals surface area contributed by atoms with Crippen LogP contribution < -0.4 is 5.73 Å². The molecule has 0 fully saturated rings. The van der Waals surface area contributed by atoms with E-state index < -0.39 is 0 Å². The van der Waals surface area contributed by atoms with E-state index in [0.29, 0.717) is 11.7 Å². The van der Waals surface area contributed by atoms with E-state index in [9.17, 15) is 0 Å². The first kappa shape index (κ1) is 10.5. The molecule has 0 unspecified atom stereocenters. The molecule has 1 aromatic heterocycles. The summed E-state index contributed by atoms with van der Waals surface area (Å²) in [6.07, 6.45) is 0.896. The first-order valence-electron chi connectivity index (χ1n) is 5.05. The van der Waals surface area contributed by atoms with Crippen molar-refractivity contribution in [2.45, 2.75) is 19.9 Å². The van der Waals surface area contributed by atoms with Crippen molar-refractivity contribution >= 4 is 22.5 Å². The predicted molar refractivity (Wildman–Crippen MR) is 63.2 cm³/mol. The Bertz CT molecular complexity index is 476. The van der Waals surface area contributed by atoms with Crippen LogP contribution in [-0.2, 0) is 6.54 Å². The second-order valence-electron chi connectivity index (χ2n) is 3.63. The van der Waals surface area contributed by atoms with Gasteiger partial charge in [-0.25, -0.2) is 0 Å². The van der Waals surface area contributed by atoms with Crippen molar-refractivity contribution in [2.24, 2.45) is 5.73 Å². The Kier molecular flexibility index (Phi) is 2.93. The summed E-state index contributed by atoms with van der Waals surface area (Å²) in [7, 11) is 0. The lowest BCUT2D eigenvalue weighted by Gasteiger charge is -1.99. The van der Waals surface area contributed by atoms with Crippen LogP contribution in [0.1, 0.15) is 12.0 Å². The van der Waals surface area contributed by atoms with E-state index in [2.05, 4.69) is 5.10 Å². The number of rotatable bonds is 3. The Morgan fingerprint density at radius 2 is 2.27 bits per heavy atom. The van der Waals surface area contributed by atoms with Gasteiger partial charge in [0.15, 0.2) is 0 Å². The summed E-state index contributed by atoms with van der Waals surface area (Å²) >= 11 is 6.22. The molecular formula is C11H14ClN3. The number of nitrogens with two attached hydrogens (primary N) is 1. The van der Waals surface area contributed by atoms with E-state index in [1.165, 1.54) is 0 Å². The van der Waals surface area contributed by atoms with E-state index in [1.54, 1.807) is 0 Å². The molecule has 0 aliphatic rings. The number of halogens is 1. The Morgan fingerprint density at radius 3 is 2.93 bits per heavy atom. The molecule has 0 spiro atoms. The number of benzene rings is 1. The number of fused-ring (bicyclic) bond motifs is 1. The topological polar surface area (TPSA) is 43.8 Å². The molecule has 1 heterocycles. The quantitative estimate of drug-likeness (QED) is 0.868. The van der Waals surface area contributed by atoms with Crippen LogP contribution in [0.3, 0.4) is 0 Å². The molecule has 2 rings (SSSR count). The van der Waals surface area contributed by atoms with Crippen LogP contribution in [0.15, 0.2) is 18.2 Å². The minimum atomic E-state index is 0.658. The lowest BCUT2D eigenvalue weighted by molar-refractivity contribution is 0.591. The average molecular weight is 224 g/mol. The van der Waals surface area contributed by atoms with Gasteiger partial charge in [-0.1, -0.05) is 23.7 Å². The highest BCUT2D eigenvalue weighted by atomic mass is 35.5. The molecule has 15 heavy (non-hydrogen) atoms. The van der Waals surface area contributed by atoms with Crippen LogP contribution in [0.5, 0.6) is 0 Å². The summed E-state index contributed by atoms with van der Waals surface area (Å²) in [4.78, 5) is 0. The Morgan fingerprint density at radius 1 is 1.47 bits per heavy atom. The summed E-state index contributed by atoms with van der Waals surface area (Å²) in [5.74, 6) is 0. The fraction of sp³-hybridized carbons (Fsp3) is 0.364. The third kappa shape index (κ3) is 1.85. The lowest BCUT2D eigenvalue weighted by Crippen LogP contribution is -2.06. The van der Waals surface area contributed by atoms with Gasteiger partial charge in [-0.2, -0.15) is 5.10 Å². The van der Waals surface area contributed by atoms with E-state index in [0.717, 1.165) is 29.4 Å². The van der Waals surface area contributed by atoms with Gasteiger partial charge < -0.3 is 5.73 Å². The smallest absolute Gasteiger partial charge is 0.134 e. The Labute approximate surface area is 93.8 Å². The molecule has 0 aliphatic heterocycles. The van der Waals surface area contributed by atoms with Crippen LogP contribution in [0.25, 0.3) is 10.9 Å². The molecule has 4 heteroatoms. The molecule has 2 N–H and O–H groups in total. The summed E-state index contributed by atoms with van der Waals surface area (Å²) in [6.45, 7) is 3.48. The molecule has 0 saturated carbocycles. The summed E-state index contributed by atoms with van der Waals surface area (Å²) in [5, 5.41) is 6.21. The number of nitrogens with zero attached hydrogens (tertiary/aromatic N) is 2. The summed E-state index contributed by atoms with van der Waals surface area (Å²) < 4.78 is 1.83. The number of aryl methyl sites for hydroxylation is 2. The fourth-order valence-electron chi connectivity index (χ4n) is 1.65. The van der Waals surface area contributed by atoms with Crippen LogP contribution in [0.4, 0.5) is 0 Å². The van der Waals surface area contributed by atoms with Gasteiger partial charge in [0, 0.05) is 11.9 Å². The number of aromatic nitrogens is 2. The monoisotopic (exact) mass is 223 g/mol. The average Bonchev–Trinajstić information content (AvgIpc) is 2.55. The summed E-state index contributed by atoms with van der Waals surface area (Å²) in [5.41, 5.74) is 7.61. The molecule has 0 saturated heterocycles. The second-order valence-corrected chi connectivity index (χ2v) is 3.99. The number of hydrogen-bond donors (Lipinski definition) is 1. The van der Waals surface area contributed by atoms with Crippen LogP contribution >= 0.6 is 11.6 Å². The Hall–Kier alpha value is -1.06. The lowest BCUT2D eigenvalue weighted by atomic mass is 10.2. The van der Waals surface area contributed by atoms with Gasteiger partial charge in [-0.3, -0.25) is 4.68 Å². The second kappa shape index (κ2) is 4.21. The van der Waals surface area contributed by atoms with Gasteiger partial charge in [0.2, 0.25) is 0 Å². The molecule has 80 valence electrons. The van der Waals surface area contributed by atoms with Gasteiger partial charge >= 0.3 is 0 Å². The molecule has 2 aromatic rings. The zero-order chi connectivity index (χ0) is 10.8. The van der Waals surface area contributed by atoms with E-state index in [1.807, 2.05) is 29.8 Å². The highest BCUT2D eigenvalue weighted by Crippen LogP contribution is 2.25. The molecule has 0 amide bonds. The highest BCUT2D eigenvalue weighted by molar-refractivity contribution is 6.34. The third-order valence-corrected chi connectivity index (χ3v) is 2.88. The molecule has 3 nitrogen and oxygen atoms in total. The largest absolute Gasteiger partial charge is 0.330 e. The van der Waals surface area contributed by atoms with E-state index in [4.69, 9.17) is 17.3 Å². The highest BCUT2D eigenvalue weighted by Gasteiger charge is 2.09. The van der Waals surface area contributed by atoms with Crippen molar-refractivity contribution in [1.29, 1.82) is 0 Å². The maximum absolute atomic E-state index is 6.22. The molecule has 0 atom stereocenters. The van der Waals surface area contributed by atoms with Gasteiger partial charge in [0.05, 0.1) is 5.52 Å². The van der Waals surface area contributed by atoms with Crippen molar-refractivity contribution in [1.82, 2.24) is 9.78 Å². The molecular weight excluding hydrogens is 210 g/mol. The van der Waals surface area contributed by atoms with Crippen molar-refractivity contribution < 1.29 is 0 Å². The standard InChI is InChI=1S/C11H14ClN3/c1-8-4-2-5-9-10(8)14-15(11(9)12)7-3-6-13/h2,4-5H,3,6-7,13H2,1H3. The van der Waals surface area contributed by atoms with Crippen molar-refractivity contribution in [3.8, 4) is 0 Å².